The van der Waals surface area contributed by atoms with Crippen molar-refractivity contribution in [2.75, 3.05) is 13.7 Å². The number of methoxy groups -OCH3 is 1. The van der Waals surface area contributed by atoms with Gasteiger partial charge < -0.3 is 9.47 Å². The third-order valence-corrected chi connectivity index (χ3v) is 3.31. The summed E-state index contributed by atoms with van der Waals surface area (Å²) in [7, 11) is 1.43. The summed E-state index contributed by atoms with van der Waals surface area (Å²) >= 11 is 10.8. The molecule has 0 saturated carbocycles. The molecular weight excluding hydrogens is 369 g/mol. The zero-order valence-corrected chi connectivity index (χ0v) is 14.1. The van der Waals surface area contributed by atoms with Crippen LogP contribution in [0.2, 0.25) is 5.02 Å². The Morgan fingerprint density at radius 3 is 2.75 bits per heavy atom. The van der Waals surface area contributed by atoms with Gasteiger partial charge in [-0.2, -0.15) is 22.9 Å². The average molecular weight is 381 g/mol. The van der Waals surface area contributed by atoms with E-state index in [1.54, 1.807) is 6.92 Å². The Balaban J connectivity index is 2.44. The summed E-state index contributed by atoms with van der Waals surface area (Å²) in [4.78, 5) is 0. The number of nitrogens with one attached hydrogen (secondary N) is 1. The number of aromatic nitrogens is 3. The van der Waals surface area contributed by atoms with Crippen LogP contribution >= 0.6 is 23.8 Å². The topological polar surface area (TPSA) is 64.4 Å². The molecule has 1 aromatic carbocycles. The summed E-state index contributed by atoms with van der Waals surface area (Å²) in [6, 6.07) is 3.01. The number of hydrogen-bond donors (Lipinski definition) is 1. The molecule has 0 aliphatic carbocycles. The molecule has 0 atom stereocenters. The highest BCUT2D eigenvalue weighted by Crippen LogP contribution is 2.36. The second kappa shape index (κ2) is 7.22. The molecule has 1 N–H and O–H groups in total. The molecule has 0 bridgehead atoms. The fourth-order valence-corrected chi connectivity index (χ4v) is 2.31. The smallest absolute Gasteiger partial charge is 0.453 e. The van der Waals surface area contributed by atoms with Crippen molar-refractivity contribution in [1.29, 1.82) is 0 Å². The molecule has 0 aliphatic rings. The highest BCUT2D eigenvalue weighted by molar-refractivity contribution is 7.71. The third-order valence-electron chi connectivity index (χ3n) is 2.76. The zero-order chi connectivity index (χ0) is 17.9. The number of halogens is 4. The third kappa shape index (κ3) is 3.88. The van der Waals surface area contributed by atoms with Gasteiger partial charge in [0.2, 0.25) is 4.77 Å². The molecule has 24 heavy (non-hydrogen) atoms. The standard InChI is InChI=1S/C13H12ClF3N4O2S/c1-3-23-9-5-7(4-8(14)10(9)22-2)6-18-21-11(13(15,16)17)19-20-12(21)24/h4-6H,3H2,1-2H3,(H,20,24)/b18-6-. The highest BCUT2D eigenvalue weighted by Gasteiger charge is 2.37. The second-order valence-corrected chi connectivity index (χ2v) is 5.17. The Morgan fingerprint density at radius 2 is 2.17 bits per heavy atom. The number of aromatic amines is 1. The maximum absolute atomic E-state index is 12.8. The van der Waals surface area contributed by atoms with E-state index < -0.39 is 12.0 Å². The minimum atomic E-state index is -4.70. The van der Waals surface area contributed by atoms with Crippen molar-refractivity contribution in [3.63, 3.8) is 0 Å². The lowest BCUT2D eigenvalue weighted by molar-refractivity contribution is -0.147. The molecule has 0 saturated heterocycles. The number of hydrogen-bond acceptors (Lipinski definition) is 5. The molecule has 2 aromatic rings. The molecule has 130 valence electrons. The van der Waals surface area contributed by atoms with Gasteiger partial charge in [-0.25, -0.2) is 5.10 Å². The molecule has 1 aromatic heterocycles. The van der Waals surface area contributed by atoms with Crippen molar-refractivity contribution in [1.82, 2.24) is 14.9 Å². The first-order valence-electron chi connectivity index (χ1n) is 6.57. The second-order valence-electron chi connectivity index (χ2n) is 4.37. The SMILES string of the molecule is CCOc1cc(/C=N\n2c(C(F)(F)F)n[nH]c2=S)cc(Cl)c1OC. The predicted molar refractivity (Wildman–Crippen MR) is 84.6 cm³/mol. The summed E-state index contributed by atoms with van der Waals surface area (Å²) in [5.41, 5.74) is 0.403. The van der Waals surface area contributed by atoms with Crippen molar-refractivity contribution < 1.29 is 22.6 Å². The molecule has 11 heteroatoms. The van der Waals surface area contributed by atoms with Crippen LogP contribution in [0.4, 0.5) is 13.2 Å². The van der Waals surface area contributed by atoms with E-state index in [0.717, 1.165) is 6.21 Å². The molecule has 0 spiro atoms. The Bertz CT molecular complexity index is 817. The Morgan fingerprint density at radius 1 is 1.46 bits per heavy atom. The molecule has 1 heterocycles. The van der Waals surface area contributed by atoms with Crippen molar-refractivity contribution in [2.45, 2.75) is 13.1 Å². The summed E-state index contributed by atoms with van der Waals surface area (Å²) in [6.45, 7) is 2.13. The van der Waals surface area contributed by atoms with Gasteiger partial charge in [-0.1, -0.05) is 11.6 Å². The summed E-state index contributed by atoms with van der Waals surface area (Å²) in [5.74, 6) is -0.583. The van der Waals surface area contributed by atoms with Gasteiger partial charge in [0.05, 0.1) is 25.0 Å². The Labute approximate surface area is 144 Å². The van der Waals surface area contributed by atoms with Crippen molar-refractivity contribution >= 4 is 30.0 Å². The number of nitrogens with zero attached hydrogens (tertiary/aromatic N) is 3. The number of benzene rings is 1. The first-order chi connectivity index (χ1) is 11.3. The minimum absolute atomic E-state index is 0.233. The summed E-state index contributed by atoms with van der Waals surface area (Å²) in [5, 5.41) is 9.13. The fourth-order valence-electron chi connectivity index (χ4n) is 1.83. The van der Waals surface area contributed by atoms with Crippen molar-refractivity contribution in [3.05, 3.63) is 33.3 Å². The molecular formula is C13H12ClF3N4O2S. The largest absolute Gasteiger partial charge is 0.491 e. The summed E-state index contributed by atoms with van der Waals surface area (Å²) in [6.07, 6.45) is -3.53. The summed E-state index contributed by atoms with van der Waals surface area (Å²) < 4.78 is 49.2. The minimum Gasteiger partial charge on any atom is -0.491 e. The van der Waals surface area contributed by atoms with Crippen molar-refractivity contribution in [3.8, 4) is 11.5 Å². The monoisotopic (exact) mass is 380 g/mol. The van der Waals surface area contributed by atoms with Gasteiger partial charge in [-0.15, -0.1) is 5.10 Å². The van der Waals surface area contributed by atoms with Crippen LogP contribution in [-0.2, 0) is 6.18 Å². The predicted octanol–water partition coefficient (Wildman–Crippen LogP) is 3.90. The maximum Gasteiger partial charge on any atom is 0.453 e. The van der Waals surface area contributed by atoms with Crippen molar-refractivity contribution in [2.24, 2.45) is 5.10 Å². The van der Waals surface area contributed by atoms with E-state index in [-0.39, 0.29) is 9.79 Å². The van der Waals surface area contributed by atoms with Crippen LogP contribution in [0.5, 0.6) is 11.5 Å². The van der Waals surface area contributed by atoms with Gasteiger partial charge in [-0.3, -0.25) is 0 Å². The first-order valence-corrected chi connectivity index (χ1v) is 7.35. The van der Waals surface area contributed by atoms with E-state index in [1.165, 1.54) is 19.2 Å². The van der Waals surface area contributed by atoms with Crippen LogP contribution < -0.4 is 9.47 Å². The van der Waals surface area contributed by atoms with Crippen LogP contribution in [0.1, 0.15) is 18.3 Å². The van der Waals surface area contributed by atoms with Gasteiger partial charge in [0.25, 0.3) is 5.82 Å². The van der Waals surface area contributed by atoms with E-state index in [0.29, 0.717) is 28.3 Å². The van der Waals surface area contributed by atoms with E-state index in [1.807, 2.05) is 0 Å². The Kier molecular flexibility index (Phi) is 5.50. The molecule has 0 fully saturated rings. The van der Waals surface area contributed by atoms with Crippen LogP contribution in [0.15, 0.2) is 17.2 Å². The lowest BCUT2D eigenvalue weighted by atomic mass is 10.2. The first kappa shape index (κ1) is 18.3. The van der Waals surface area contributed by atoms with Gasteiger partial charge in [0.1, 0.15) is 0 Å². The molecule has 0 aliphatic heterocycles. The number of rotatable bonds is 5. The lowest BCUT2D eigenvalue weighted by Crippen LogP contribution is -2.12. The van der Waals surface area contributed by atoms with Crippen LogP contribution in [0, 0.1) is 4.77 Å². The number of alkyl halides is 3. The van der Waals surface area contributed by atoms with E-state index >= 15 is 0 Å². The molecule has 6 nitrogen and oxygen atoms in total. The van der Waals surface area contributed by atoms with E-state index in [2.05, 4.69) is 15.3 Å². The quantitative estimate of drug-likeness (QED) is 0.631. The molecule has 0 radical (unpaired) electrons. The molecule has 2 rings (SSSR count). The van der Waals surface area contributed by atoms with E-state index in [4.69, 9.17) is 33.3 Å². The molecule has 0 amide bonds. The average Bonchev–Trinajstić information content (AvgIpc) is 2.86. The number of ether oxygens (including phenoxy) is 2. The Hall–Kier alpha value is -2.07. The fraction of sp³-hybridized carbons (Fsp3) is 0.308. The zero-order valence-electron chi connectivity index (χ0n) is 12.5. The maximum atomic E-state index is 12.8. The van der Waals surface area contributed by atoms with E-state index in [9.17, 15) is 13.2 Å². The van der Waals surface area contributed by atoms with Crippen LogP contribution in [0.3, 0.4) is 0 Å². The van der Waals surface area contributed by atoms with Gasteiger partial charge >= 0.3 is 6.18 Å². The van der Waals surface area contributed by atoms with Gasteiger partial charge in [-0.05, 0) is 36.8 Å². The van der Waals surface area contributed by atoms with Crippen LogP contribution in [0.25, 0.3) is 0 Å². The van der Waals surface area contributed by atoms with Gasteiger partial charge in [0, 0.05) is 0 Å². The normalized spacial score (nSPS) is 11.9. The van der Waals surface area contributed by atoms with Gasteiger partial charge in [0.15, 0.2) is 11.5 Å². The number of H-pyrrole nitrogens is 1. The lowest BCUT2D eigenvalue weighted by Gasteiger charge is -2.11. The van der Waals surface area contributed by atoms with Crippen LogP contribution in [-0.4, -0.2) is 34.8 Å². The highest BCUT2D eigenvalue weighted by atomic mass is 35.5. The molecule has 0 unspecified atom stereocenters.